The van der Waals surface area contributed by atoms with Gasteiger partial charge in [-0.15, -0.1) is 0 Å². The van der Waals surface area contributed by atoms with Crippen molar-refractivity contribution in [3.63, 3.8) is 0 Å². The highest BCUT2D eigenvalue weighted by atomic mass is 16.2. The fraction of sp³-hybridized carbons (Fsp3) is 0.400. The average Bonchev–Trinajstić information content (AvgIpc) is 2.73. The first-order valence-corrected chi connectivity index (χ1v) is 10.3. The van der Waals surface area contributed by atoms with Crippen LogP contribution in [-0.2, 0) is 6.54 Å². The summed E-state index contributed by atoms with van der Waals surface area (Å²) >= 11 is 0. The van der Waals surface area contributed by atoms with Gasteiger partial charge in [0.2, 0.25) is 0 Å². The number of benzene rings is 2. The zero-order valence-corrected chi connectivity index (χ0v) is 17.1. The first-order chi connectivity index (χ1) is 13.7. The molecule has 1 saturated heterocycles. The smallest absolute Gasteiger partial charge is 0.253 e. The lowest BCUT2D eigenvalue weighted by atomic mass is 10.1. The first-order valence-electron chi connectivity index (χ1n) is 10.3. The van der Waals surface area contributed by atoms with Crippen LogP contribution in [0.2, 0.25) is 0 Å². The summed E-state index contributed by atoms with van der Waals surface area (Å²) in [5, 5.41) is 0. The lowest BCUT2D eigenvalue weighted by molar-refractivity contribution is 0.0628. The average molecular weight is 375 g/mol. The van der Waals surface area contributed by atoms with Crippen LogP contribution < -0.4 is 0 Å². The van der Waals surface area contributed by atoms with Crippen LogP contribution in [0.3, 0.4) is 0 Å². The molecule has 0 bridgehead atoms. The molecule has 2 aromatic carbocycles. The van der Waals surface area contributed by atoms with Crippen molar-refractivity contribution in [2.24, 2.45) is 0 Å². The third-order valence-corrected chi connectivity index (χ3v) is 5.21. The van der Waals surface area contributed by atoms with Crippen LogP contribution in [0.25, 0.3) is 0 Å². The quantitative estimate of drug-likeness (QED) is 0.568. The number of rotatable bonds is 5. The minimum Gasteiger partial charge on any atom is -0.336 e. The van der Waals surface area contributed by atoms with Gasteiger partial charge in [-0.2, -0.15) is 0 Å². The van der Waals surface area contributed by atoms with Crippen LogP contribution in [0.15, 0.2) is 48.5 Å². The van der Waals surface area contributed by atoms with E-state index in [4.69, 9.17) is 0 Å². The van der Waals surface area contributed by atoms with E-state index in [0.29, 0.717) is 0 Å². The van der Waals surface area contributed by atoms with Gasteiger partial charge in [-0.3, -0.25) is 9.69 Å². The van der Waals surface area contributed by atoms with Crippen molar-refractivity contribution in [3.8, 4) is 11.8 Å². The number of aryl methyl sites for hydroxylation is 1. The molecular formula is C25H30N2O. The molecule has 0 radical (unpaired) electrons. The normalized spacial score (nSPS) is 14.4. The van der Waals surface area contributed by atoms with Crippen LogP contribution in [-0.4, -0.2) is 41.9 Å². The summed E-state index contributed by atoms with van der Waals surface area (Å²) in [6.07, 6.45) is 3.34. The molecule has 0 spiro atoms. The Labute approximate surface area is 169 Å². The Morgan fingerprint density at radius 1 is 0.964 bits per heavy atom. The van der Waals surface area contributed by atoms with Crippen LogP contribution in [0.5, 0.6) is 0 Å². The number of amides is 1. The maximum absolute atomic E-state index is 12.6. The second-order valence-corrected chi connectivity index (χ2v) is 7.54. The Balaban J connectivity index is 1.48. The third-order valence-electron chi connectivity index (χ3n) is 5.21. The molecule has 1 fully saturated rings. The summed E-state index contributed by atoms with van der Waals surface area (Å²) in [5.41, 5.74) is 4.36. The summed E-state index contributed by atoms with van der Waals surface area (Å²) in [4.78, 5) is 17.0. The summed E-state index contributed by atoms with van der Waals surface area (Å²) in [6.45, 7) is 8.55. The topological polar surface area (TPSA) is 23.6 Å². The van der Waals surface area contributed by atoms with Crippen molar-refractivity contribution in [3.05, 3.63) is 70.8 Å². The van der Waals surface area contributed by atoms with E-state index in [2.05, 4.69) is 47.9 Å². The maximum atomic E-state index is 12.6. The Hall–Kier alpha value is -2.57. The van der Waals surface area contributed by atoms with Gasteiger partial charge in [-0.1, -0.05) is 55.0 Å². The lowest BCUT2D eigenvalue weighted by Crippen LogP contribution is -2.48. The number of hydrogen-bond acceptors (Lipinski definition) is 2. The van der Waals surface area contributed by atoms with Gasteiger partial charge < -0.3 is 4.90 Å². The highest BCUT2D eigenvalue weighted by molar-refractivity contribution is 5.94. The Kier molecular flexibility index (Phi) is 7.28. The summed E-state index contributed by atoms with van der Waals surface area (Å²) in [7, 11) is 0. The van der Waals surface area contributed by atoms with Crippen LogP contribution >= 0.6 is 0 Å². The van der Waals surface area contributed by atoms with Gasteiger partial charge in [0, 0.05) is 50.3 Å². The van der Waals surface area contributed by atoms with Gasteiger partial charge in [0.25, 0.3) is 5.91 Å². The van der Waals surface area contributed by atoms with Gasteiger partial charge >= 0.3 is 0 Å². The van der Waals surface area contributed by atoms with E-state index < -0.39 is 0 Å². The number of carbonyl (C=O) groups is 1. The molecule has 0 atom stereocenters. The van der Waals surface area contributed by atoms with Gasteiger partial charge in [-0.25, -0.2) is 0 Å². The van der Waals surface area contributed by atoms with E-state index in [9.17, 15) is 4.79 Å². The highest BCUT2D eigenvalue weighted by Crippen LogP contribution is 2.13. The summed E-state index contributed by atoms with van der Waals surface area (Å²) in [5.74, 6) is 6.62. The van der Waals surface area contributed by atoms with E-state index in [1.165, 1.54) is 24.0 Å². The molecule has 1 aliphatic rings. The summed E-state index contributed by atoms with van der Waals surface area (Å²) in [6, 6.07) is 16.4. The molecule has 1 aliphatic heterocycles. The Bertz CT molecular complexity index is 820. The van der Waals surface area contributed by atoms with Crippen molar-refractivity contribution in [1.29, 1.82) is 0 Å². The standard InChI is InChI=1S/C25H30N2O/c1-3-4-5-6-7-22-10-12-23(13-11-22)20-26-16-18-27(19-17-26)25(28)24-14-8-21(2)9-15-24/h8-15H,3-5,16-20H2,1-2H3. The van der Waals surface area contributed by atoms with E-state index in [0.717, 1.165) is 50.3 Å². The fourth-order valence-electron chi connectivity index (χ4n) is 3.37. The minimum atomic E-state index is 0.144. The Morgan fingerprint density at radius 2 is 1.64 bits per heavy atom. The third kappa shape index (κ3) is 5.71. The molecule has 28 heavy (non-hydrogen) atoms. The highest BCUT2D eigenvalue weighted by Gasteiger charge is 2.22. The zero-order valence-electron chi connectivity index (χ0n) is 17.1. The lowest BCUT2D eigenvalue weighted by Gasteiger charge is -2.34. The van der Waals surface area contributed by atoms with Crippen molar-refractivity contribution in [1.82, 2.24) is 9.80 Å². The first kappa shape index (κ1) is 20.2. The predicted octanol–water partition coefficient (Wildman–Crippen LogP) is 4.49. The molecule has 2 aromatic rings. The van der Waals surface area contributed by atoms with Crippen molar-refractivity contribution in [2.45, 2.75) is 39.7 Å². The number of hydrogen-bond donors (Lipinski definition) is 0. The predicted molar refractivity (Wildman–Crippen MR) is 115 cm³/mol. The second kappa shape index (κ2) is 10.1. The van der Waals surface area contributed by atoms with E-state index in [1.54, 1.807) is 0 Å². The van der Waals surface area contributed by atoms with Gasteiger partial charge in [0.05, 0.1) is 0 Å². The van der Waals surface area contributed by atoms with Crippen molar-refractivity contribution >= 4 is 5.91 Å². The molecule has 0 aliphatic carbocycles. The maximum Gasteiger partial charge on any atom is 0.253 e. The molecule has 3 heteroatoms. The molecular weight excluding hydrogens is 344 g/mol. The largest absolute Gasteiger partial charge is 0.336 e. The fourth-order valence-corrected chi connectivity index (χ4v) is 3.37. The molecule has 0 aromatic heterocycles. The summed E-state index contributed by atoms with van der Waals surface area (Å²) < 4.78 is 0. The molecule has 0 saturated carbocycles. The number of unbranched alkanes of at least 4 members (excludes halogenated alkanes) is 2. The van der Waals surface area contributed by atoms with Gasteiger partial charge in [0.15, 0.2) is 0 Å². The second-order valence-electron chi connectivity index (χ2n) is 7.54. The number of nitrogens with zero attached hydrogens (tertiary/aromatic N) is 2. The molecule has 3 nitrogen and oxygen atoms in total. The van der Waals surface area contributed by atoms with E-state index >= 15 is 0 Å². The zero-order chi connectivity index (χ0) is 19.8. The Morgan fingerprint density at radius 3 is 2.29 bits per heavy atom. The van der Waals surface area contributed by atoms with Crippen LogP contribution in [0.4, 0.5) is 0 Å². The molecule has 3 rings (SSSR count). The van der Waals surface area contributed by atoms with Gasteiger partial charge in [0.1, 0.15) is 0 Å². The SMILES string of the molecule is CCCCC#Cc1ccc(CN2CCN(C(=O)c3ccc(C)cc3)CC2)cc1. The minimum absolute atomic E-state index is 0.144. The molecule has 1 heterocycles. The van der Waals surface area contributed by atoms with Gasteiger partial charge in [-0.05, 0) is 43.2 Å². The number of carbonyl (C=O) groups excluding carboxylic acids is 1. The van der Waals surface area contributed by atoms with E-state index in [-0.39, 0.29) is 5.91 Å². The van der Waals surface area contributed by atoms with Crippen LogP contribution in [0, 0.1) is 18.8 Å². The van der Waals surface area contributed by atoms with Crippen molar-refractivity contribution in [2.75, 3.05) is 26.2 Å². The van der Waals surface area contributed by atoms with Crippen LogP contribution in [0.1, 0.15) is 53.2 Å². The van der Waals surface area contributed by atoms with Crippen molar-refractivity contribution < 1.29 is 4.79 Å². The molecule has 1 amide bonds. The molecule has 0 N–H and O–H groups in total. The monoisotopic (exact) mass is 374 g/mol. The number of piperazine rings is 1. The molecule has 0 unspecified atom stereocenters. The molecule has 146 valence electrons. The van der Waals surface area contributed by atoms with E-state index in [1.807, 2.05) is 36.1 Å².